The van der Waals surface area contributed by atoms with Crippen LogP contribution in [0.1, 0.15) is 6.92 Å². The van der Waals surface area contributed by atoms with Crippen LogP contribution in [0.25, 0.3) is 0 Å². The Bertz CT molecular complexity index is 392. The van der Waals surface area contributed by atoms with Crippen molar-refractivity contribution in [2.75, 3.05) is 12.0 Å². The fourth-order valence-electron chi connectivity index (χ4n) is 0.874. The van der Waals surface area contributed by atoms with Crippen LogP contribution in [-0.4, -0.2) is 17.7 Å². The van der Waals surface area contributed by atoms with Crippen LogP contribution in [-0.2, 0) is 9.53 Å². The third-order valence-electron chi connectivity index (χ3n) is 1.57. The van der Waals surface area contributed by atoms with Crippen LogP contribution in [0.2, 0.25) is 0 Å². The molecule has 0 saturated heterocycles. The average molecular weight is 306 g/mol. The van der Waals surface area contributed by atoms with Gasteiger partial charge in [-0.05, 0) is 31.2 Å². The van der Waals surface area contributed by atoms with Crippen molar-refractivity contribution in [1.82, 2.24) is 0 Å². The summed E-state index contributed by atoms with van der Waals surface area (Å²) in [5.74, 6) is -0.645. The second-order valence-electron chi connectivity index (χ2n) is 2.74. The highest BCUT2D eigenvalue weighted by atomic mass is 79.9. The van der Waals surface area contributed by atoms with E-state index < -0.39 is 5.97 Å². The summed E-state index contributed by atoms with van der Waals surface area (Å²) < 4.78 is 5.62. The molecule has 0 atom stereocenters. The number of rotatable bonds is 4. The largest absolute Gasteiger partial charge is 0.461 e. The number of benzene rings is 1. The van der Waals surface area contributed by atoms with Crippen molar-refractivity contribution < 1.29 is 9.53 Å². The lowest BCUT2D eigenvalue weighted by atomic mass is 10.3. The third-order valence-corrected chi connectivity index (χ3v) is 2.34. The summed E-state index contributed by atoms with van der Waals surface area (Å²) in [5, 5.41) is 3.45. The zero-order valence-corrected chi connectivity index (χ0v) is 10.9. The van der Waals surface area contributed by atoms with Gasteiger partial charge in [0.25, 0.3) is 0 Å². The highest BCUT2D eigenvalue weighted by Gasteiger charge is 2.08. The first-order valence-corrected chi connectivity index (χ1v) is 5.72. The summed E-state index contributed by atoms with van der Waals surface area (Å²) in [5.41, 5.74) is 3.37. The van der Waals surface area contributed by atoms with Gasteiger partial charge in [-0.3, -0.25) is 5.43 Å². The van der Waals surface area contributed by atoms with Crippen molar-refractivity contribution in [1.29, 1.82) is 0 Å². The average Bonchev–Trinajstić information content (AvgIpc) is 2.28. The quantitative estimate of drug-likeness (QED) is 0.528. The Hall–Kier alpha value is -1.07. The monoisotopic (exact) mass is 304 g/mol. The molecule has 16 heavy (non-hydrogen) atoms. The minimum Gasteiger partial charge on any atom is -0.461 e. The zero-order valence-electron chi connectivity index (χ0n) is 8.54. The summed E-state index contributed by atoms with van der Waals surface area (Å²) in [4.78, 5) is 11.1. The normalized spacial score (nSPS) is 11.1. The molecule has 0 spiro atoms. The molecule has 0 saturated carbocycles. The molecule has 0 aliphatic carbocycles. The van der Waals surface area contributed by atoms with Crippen LogP contribution in [0.15, 0.2) is 33.8 Å². The van der Waals surface area contributed by atoms with Gasteiger partial charge in [0.15, 0.2) is 0 Å². The number of hydrazone groups is 1. The molecule has 1 aromatic carbocycles. The Labute approximate surface area is 107 Å². The van der Waals surface area contributed by atoms with Gasteiger partial charge in [0, 0.05) is 4.47 Å². The minimum atomic E-state index is -0.645. The van der Waals surface area contributed by atoms with E-state index in [1.54, 1.807) is 19.1 Å². The van der Waals surface area contributed by atoms with E-state index >= 15 is 0 Å². The van der Waals surface area contributed by atoms with E-state index in [9.17, 15) is 4.79 Å². The number of ether oxygens (including phenoxy) is 1. The van der Waals surface area contributed by atoms with Gasteiger partial charge in [-0.15, -0.1) is 0 Å². The van der Waals surface area contributed by atoms with Gasteiger partial charge in [-0.2, -0.15) is 5.10 Å². The molecule has 86 valence electrons. The third kappa shape index (κ3) is 4.20. The second-order valence-corrected chi connectivity index (χ2v) is 4.02. The lowest BCUT2D eigenvalue weighted by molar-refractivity contribution is -0.134. The lowest BCUT2D eigenvalue weighted by Gasteiger charge is -2.01. The predicted molar refractivity (Wildman–Crippen MR) is 67.7 cm³/mol. The zero-order chi connectivity index (χ0) is 12.0. The van der Waals surface area contributed by atoms with E-state index in [0.717, 1.165) is 10.2 Å². The highest BCUT2D eigenvalue weighted by molar-refractivity contribution is 9.10. The molecule has 0 amide bonds. The molecule has 0 radical (unpaired) electrons. The van der Waals surface area contributed by atoms with Crippen molar-refractivity contribution >= 4 is 44.4 Å². The van der Waals surface area contributed by atoms with Crippen molar-refractivity contribution in [3.8, 4) is 0 Å². The SMILES string of the molecule is CCOC(=O)/C(Cl)=N\Nc1ccc(Br)cc1. The number of halogens is 2. The molecule has 0 fully saturated rings. The number of hydrogen-bond acceptors (Lipinski definition) is 4. The molecule has 0 aliphatic rings. The van der Waals surface area contributed by atoms with Crippen LogP contribution in [0.4, 0.5) is 5.69 Å². The summed E-state index contributed by atoms with van der Waals surface area (Å²) in [7, 11) is 0. The number of anilines is 1. The molecule has 0 unspecified atom stereocenters. The topological polar surface area (TPSA) is 50.7 Å². The van der Waals surface area contributed by atoms with Gasteiger partial charge < -0.3 is 4.74 Å². The Morgan fingerprint density at radius 2 is 2.12 bits per heavy atom. The van der Waals surface area contributed by atoms with Gasteiger partial charge in [0.1, 0.15) is 0 Å². The Morgan fingerprint density at radius 1 is 1.50 bits per heavy atom. The maximum Gasteiger partial charge on any atom is 0.370 e. The first-order chi connectivity index (χ1) is 7.63. The summed E-state index contributed by atoms with van der Waals surface area (Å²) in [6.07, 6.45) is 0. The fraction of sp³-hybridized carbons (Fsp3) is 0.200. The number of nitrogens with zero attached hydrogens (tertiary/aromatic N) is 1. The number of hydrogen-bond donors (Lipinski definition) is 1. The minimum absolute atomic E-state index is 0.232. The van der Waals surface area contributed by atoms with Crippen LogP contribution in [0.5, 0.6) is 0 Å². The van der Waals surface area contributed by atoms with E-state index in [1.165, 1.54) is 0 Å². The molecule has 4 nitrogen and oxygen atoms in total. The smallest absolute Gasteiger partial charge is 0.370 e. The van der Waals surface area contributed by atoms with Crippen molar-refractivity contribution in [2.45, 2.75) is 6.92 Å². The highest BCUT2D eigenvalue weighted by Crippen LogP contribution is 2.14. The molecule has 0 bridgehead atoms. The van der Waals surface area contributed by atoms with Crippen molar-refractivity contribution in [3.05, 3.63) is 28.7 Å². The van der Waals surface area contributed by atoms with Crippen molar-refractivity contribution in [2.24, 2.45) is 5.10 Å². The first kappa shape index (κ1) is 13.0. The maximum atomic E-state index is 11.1. The standard InChI is InChI=1S/C10H10BrClN2O2/c1-2-16-10(15)9(12)14-13-8-5-3-7(11)4-6-8/h3-6,13H,2H2,1H3/b14-9+. The Morgan fingerprint density at radius 3 is 2.69 bits per heavy atom. The van der Waals surface area contributed by atoms with Crippen LogP contribution in [0.3, 0.4) is 0 Å². The summed E-state index contributed by atoms with van der Waals surface area (Å²) in [6.45, 7) is 1.97. The molecule has 1 rings (SSSR count). The molecule has 6 heteroatoms. The van der Waals surface area contributed by atoms with Gasteiger partial charge in [0.2, 0.25) is 5.17 Å². The van der Waals surface area contributed by atoms with Crippen LogP contribution in [0, 0.1) is 0 Å². The molecule has 0 aromatic heterocycles. The molecule has 0 heterocycles. The first-order valence-electron chi connectivity index (χ1n) is 4.55. The van der Waals surface area contributed by atoms with Crippen LogP contribution < -0.4 is 5.43 Å². The fourth-order valence-corrected chi connectivity index (χ4v) is 1.24. The molecule has 1 aromatic rings. The van der Waals surface area contributed by atoms with Gasteiger partial charge in [0.05, 0.1) is 12.3 Å². The summed E-state index contributed by atoms with van der Waals surface area (Å²) in [6, 6.07) is 7.28. The van der Waals surface area contributed by atoms with E-state index in [1.807, 2.05) is 12.1 Å². The maximum absolute atomic E-state index is 11.1. The number of carbonyl (C=O) groups excluding carboxylic acids is 1. The molecular formula is C10H10BrClN2O2. The lowest BCUT2D eigenvalue weighted by Crippen LogP contribution is -2.13. The van der Waals surface area contributed by atoms with Gasteiger partial charge in [-0.25, -0.2) is 4.79 Å². The van der Waals surface area contributed by atoms with Crippen LogP contribution >= 0.6 is 27.5 Å². The molecule has 1 N–H and O–H groups in total. The van der Waals surface area contributed by atoms with E-state index in [2.05, 4.69) is 31.2 Å². The second kappa shape index (κ2) is 6.50. The van der Waals surface area contributed by atoms with Gasteiger partial charge >= 0.3 is 5.97 Å². The number of esters is 1. The number of carbonyl (C=O) groups is 1. The Kier molecular flexibility index (Phi) is 5.28. The van der Waals surface area contributed by atoms with Gasteiger partial charge in [-0.1, -0.05) is 27.5 Å². The molecular weight excluding hydrogens is 295 g/mol. The van der Waals surface area contributed by atoms with E-state index in [0.29, 0.717) is 0 Å². The van der Waals surface area contributed by atoms with E-state index in [-0.39, 0.29) is 11.8 Å². The molecule has 0 aliphatic heterocycles. The Balaban J connectivity index is 2.58. The van der Waals surface area contributed by atoms with E-state index in [4.69, 9.17) is 11.6 Å². The summed E-state index contributed by atoms with van der Waals surface area (Å²) >= 11 is 8.90. The number of nitrogens with one attached hydrogen (secondary N) is 1. The van der Waals surface area contributed by atoms with Crippen molar-refractivity contribution in [3.63, 3.8) is 0 Å². The predicted octanol–water partition coefficient (Wildman–Crippen LogP) is 2.98.